The smallest absolute Gasteiger partial charge is 0.143 e. The van der Waals surface area contributed by atoms with Gasteiger partial charge in [-0.25, -0.2) is 19.3 Å². The molecule has 0 bridgehead atoms. The van der Waals surface area contributed by atoms with Crippen molar-refractivity contribution in [1.82, 2.24) is 15.0 Å². The molecule has 4 heterocycles. The lowest BCUT2D eigenvalue weighted by Gasteiger charge is -2.27. The van der Waals surface area contributed by atoms with Gasteiger partial charge >= 0.3 is 0 Å². The fourth-order valence-electron chi connectivity index (χ4n) is 5.68. The summed E-state index contributed by atoms with van der Waals surface area (Å²) in [6.07, 6.45) is 2.60. The minimum Gasteiger partial charge on any atom is -0.382 e. The minimum absolute atomic E-state index is 0.154. The second kappa shape index (κ2) is 8.62. The molecule has 6 nitrogen and oxygen atoms in total. The zero-order chi connectivity index (χ0) is 24.2. The molecule has 3 atom stereocenters. The molecule has 0 unspecified atom stereocenters. The minimum atomic E-state index is -0.276. The third-order valence-electron chi connectivity index (χ3n) is 7.46. The molecule has 0 amide bonds. The lowest BCUT2D eigenvalue weighted by molar-refractivity contribution is 0.533. The van der Waals surface area contributed by atoms with Crippen molar-refractivity contribution < 1.29 is 4.39 Å². The first kappa shape index (κ1) is 22.5. The fraction of sp³-hybridized carbons (Fsp3) is 0.269. The molecule has 1 saturated heterocycles. The van der Waals surface area contributed by atoms with E-state index in [-0.39, 0.29) is 11.2 Å². The lowest BCUT2D eigenvalue weighted by atomic mass is 9.91. The van der Waals surface area contributed by atoms with Crippen LogP contribution in [0.4, 0.5) is 16.0 Å². The Morgan fingerprint density at radius 2 is 1.86 bits per heavy atom. The highest BCUT2D eigenvalue weighted by molar-refractivity contribution is 7.99. The number of piperidine rings is 1. The highest BCUT2D eigenvalue weighted by atomic mass is 35.5. The van der Waals surface area contributed by atoms with Gasteiger partial charge in [-0.05, 0) is 60.2 Å². The Kier molecular flexibility index (Phi) is 5.55. The van der Waals surface area contributed by atoms with Crippen LogP contribution in [-0.4, -0.2) is 34.6 Å². The van der Waals surface area contributed by atoms with E-state index in [2.05, 4.69) is 9.88 Å². The van der Waals surface area contributed by atoms with Gasteiger partial charge < -0.3 is 16.4 Å². The monoisotopic (exact) mass is 506 g/mol. The standard InChI is InChI=1S/C26H24ClFN6S/c27-24-21(9-11-31-25(24)30)35-23-8-6-19-20(33-23)5-7-22(32-19)34-12-10-15-17(13-34)26(15,14-29)16-3-1-2-4-18(16)28/h1-9,11,15,17H,10,12-14,29H2,(H2,30,31)/t15-,17+,26+/m1/s1. The molecule has 1 aliphatic carbocycles. The number of aromatic nitrogens is 3. The van der Waals surface area contributed by atoms with Gasteiger partial charge in [-0.1, -0.05) is 41.6 Å². The molecule has 4 N–H and O–H groups in total. The number of hydrogen-bond donors (Lipinski definition) is 2. The van der Waals surface area contributed by atoms with Crippen molar-refractivity contribution >= 4 is 46.0 Å². The van der Waals surface area contributed by atoms with Gasteiger partial charge in [-0.3, -0.25) is 0 Å². The molecule has 1 saturated carbocycles. The second-order valence-electron chi connectivity index (χ2n) is 9.14. The summed E-state index contributed by atoms with van der Waals surface area (Å²) in [6, 6.07) is 16.8. The van der Waals surface area contributed by atoms with Gasteiger partial charge in [0, 0.05) is 36.1 Å². The number of rotatable bonds is 5. The zero-order valence-electron chi connectivity index (χ0n) is 18.9. The number of fused-ring (bicyclic) bond motifs is 2. The zero-order valence-corrected chi connectivity index (χ0v) is 20.4. The van der Waals surface area contributed by atoms with E-state index < -0.39 is 0 Å². The van der Waals surface area contributed by atoms with Gasteiger partial charge in [0.1, 0.15) is 22.5 Å². The van der Waals surface area contributed by atoms with Crippen molar-refractivity contribution in [2.24, 2.45) is 17.6 Å². The van der Waals surface area contributed by atoms with Crippen LogP contribution in [0.1, 0.15) is 12.0 Å². The van der Waals surface area contributed by atoms with Gasteiger partial charge in [-0.2, -0.15) is 0 Å². The van der Waals surface area contributed by atoms with Crippen molar-refractivity contribution in [1.29, 1.82) is 0 Å². The lowest BCUT2D eigenvalue weighted by Crippen LogP contribution is -2.32. The Hall–Kier alpha value is -2.94. The third-order valence-corrected chi connectivity index (χ3v) is 8.97. The first-order chi connectivity index (χ1) is 17.0. The molecule has 2 fully saturated rings. The number of nitrogens with zero attached hydrogens (tertiary/aromatic N) is 4. The predicted octanol–water partition coefficient (Wildman–Crippen LogP) is 4.90. The van der Waals surface area contributed by atoms with Crippen LogP contribution in [0, 0.1) is 17.7 Å². The molecule has 3 aromatic heterocycles. The summed E-state index contributed by atoms with van der Waals surface area (Å²) in [5, 5.41) is 1.23. The Balaban J connectivity index is 1.23. The predicted molar refractivity (Wildman–Crippen MR) is 138 cm³/mol. The first-order valence-electron chi connectivity index (χ1n) is 11.6. The fourth-order valence-corrected chi connectivity index (χ4v) is 6.74. The van der Waals surface area contributed by atoms with Crippen LogP contribution in [0.25, 0.3) is 11.0 Å². The Morgan fingerprint density at radius 3 is 2.69 bits per heavy atom. The SMILES string of the molecule is NC[C@@]1(c2ccccc2F)[C@@H]2CCN(c3ccc4nc(Sc5ccnc(N)c5Cl)ccc4n3)C[C@@H]21. The van der Waals surface area contributed by atoms with Crippen molar-refractivity contribution in [2.45, 2.75) is 21.8 Å². The van der Waals surface area contributed by atoms with Gasteiger partial charge in [-0.15, -0.1) is 0 Å². The summed E-state index contributed by atoms with van der Waals surface area (Å²) in [5.41, 5.74) is 14.2. The van der Waals surface area contributed by atoms with Gasteiger partial charge in [0.2, 0.25) is 0 Å². The highest BCUT2D eigenvalue weighted by Crippen LogP contribution is 2.63. The van der Waals surface area contributed by atoms with Crippen LogP contribution < -0.4 is 16.4 Å². The molecule has 35 heavy (non-hydrogen) atoms. The molecule has 4 aromatic rings. The maximum absolute atomic E-state index is 14.7. The van der Waals surface area contributed by atoms with E-state index in [1.807, 2.05) is 42.5 Å². The van der Waals surface area contributed by atoms with Crippen LogP contribution in [0.3, 0.4) is 0 Å². The average molecular weight is 507 g/mol. The normalized spacial score (nSPS) is 23.3. The van der Waals surface area contributed by atoms with Gasteiger partial charge in [0.05, 0.1) is 16.1 Å². The average Bonchev–Trinajstić information content (AvgIpc) is 3.54. The van der Waals surface area contributed by atoms with Crippen molar-refractivity contribution in [3.8, 4) is 0 Å². The summed E-state index contributed by atoms with van der Waals surface area (Å²) in [6.45, 7) is 2.15. The van der Waals surface area contributed by atoms with E-state index in [0.29, 0.717) is 29.2 Å². The molecular weight excluding hydrogens is 483 g/mol. The Bertz CT molecular complexity index is 1430. The van der Waals surface area contributed by atoms with E-state index in [4.69, 9.17) is 33.0 Å². The van der Waals surface area contributed by atoms with Crippen LogP contribution in [0.2, 0.25) is 5.02 Å². The van der Waals surface area contributed by atoms with Crippen LogP contribution >= 0.6 is 23.4 Å². The molecule has 178 valence electrons. The molecular formula is C26H24ClFN6S. The van der Waals surface area contributed by atoms with Gasteiger partial charge in [0.15, 0.2) is 0 Å². The summed E-state index contributed by atoms with van der Waals surface area (Å²) in [4.78, 5) is 16.7. The summed E-state index contributed by atoms with van der Waals surface area (Å²) in [7, 11) is 0. The van der Waals surface area contributed by atoms with Gasteiger partial charge in [0.25, 0.3) is 0 Å². The molecule has 0 spiro atoms. The molecule has 9 heteroatoms. The number of nitrogens with two attached hydrogens (primary N) is 2. The molecule has 2 aliphatic rings. The number of anilines is 2. The third kappa shape index (κ3) is 3.71. The summed E-state index contributed by atoms with van der Waals surface area (Å²) < 4.78 is 14.7. The van der Waals surface area contributed by atoms with Crippen LogP contribution in [0.5, 0.6) is 0 Å². The Labute approximate surface area is 211 Å². The quantitative estimate of drug-likeness (QED) is 0.397. The van der Waals surface area contributed by atoms with E-state index in [1.54, 1.807) is 12.3 Å². The molecule has 1 aliphatic heterocycles. The summed E-state index contributed by atoms with van der Waals surface area (Å²) in [5.74, 6) is 1.80. The van der Waals surface area contributed by atoms with E-state index >= 15 is 0 Å². The van der Waals surface area contributed by atoms with Crippen molar-refractivity contribution in [2.75, 3.05) is 30.3 Å². The Morgan fingerprint density at radius 1 is 1.06 bits per heavy atom. The number of nitrogen functional groups attached to an aromatic ring is 1. The van der Waals surface area contributed by atoms with Crippen LogP contribution in [0.15, 0.2) is 70.7 Å². The maximum Gasteiger partial charge on any atom is 0.143 e. The summed E-state index contributed by atoms with van der Waals surface area (Å²) >= 11 is 7.72. The first-order valence-corrected chi connectivity index (χ1v) is 12.8. The van der Waals surface area contributed by atoms with Crippen molar-refractivity contribution in [3.05, 3.63) is 77.2 Å². The van der Waals surface area contributed by atoms with E-state index in [9.17, 15) is 4.39 Å². The number of hydrogen-bond acceptors (Lipinski definition) is 7. The topological polar surface area (TPSA) is 94.0 Å². The number of pyridine rings is 3. The maximum atomic E-state index is 14.7. The van der Waals surface area contributed by atoms with E-state index in [0.717, 1.165) is 51.8 Å². The van der Waals surface area contributed by atoms with Crippen LogP contribution in [-0.2, 0) is 5.41 Å². The number of halogens is 2. The largest absolute Gasteiger partial charge is 0.382 e. The second-order valence-corrected chi connectivity index (χ2v) is 10.6. The van der Waals surface area contributed by atoms with E-state index in [1.165, 1.54) is 17.8 Å². The molecule has 1 aromatic carbocycles. The molecule has 6 rings (SSSR count). The van der Waals surface area contributed by atoms with Crippen molar-refractivity contribution in [3.63, 3.8) is 0 Å². The molecule has 0 radical (unpaired) electrons. The highest BCUT2D eigenvalue weighted by Gasteiger charge is 2.66. The number of benzene rings is 1.